The monoisotopic (exact) mass is 1360 g/mol. The van der Waals surface area contributed by atoms with Gasteiger partial charge in [0.1, 0.15) is 54.6 Å². The first-order valence-electron chi connectivity index (χ1n) is 23.4. The minimum Gasteiger partial charge on any atom is -0.493 e. The Bertz CT molecular complexity index is 5090. The second kappa shape index (κ2) is 24.1. The molecule has 86 heavy (non-hydrogen) atoms. The fourth-order valence-corrected chi connectivity index (χ4v) is 14.3. The number of anilines is 1. The second-order valence-corrected chi connectivity index (χ2v) is 29.3. The van der Waals surface area contributed by atoms with Crippen LogP contribution in [0.15, 0.2) is 110 Å². The zero-order valence-corrected chi connectivity index (χ0v) is 50.7. The third kappa shape index (κ3) is 14.6. The number of imidazole rings is 1. The number of fused-ring (bicyclic) bond motifs is 6. The smallest absolute Gasteiger partial charge is 0.296 e. The van der Waals surface area contributed by atoms with Gasteiger partial charge < -0.3 is 15.2 Å². The minimum atomic E-state index is -5.36. The summed E-state index contributed by atoms with van der Waals surface area (Å²) in [6, 6.07) is 10.8. The number of rotatable bonds is 21. The van der Waals surface area contributed by atoms with Gasteiger partial charge in [0, 0.05) is 39.2 Å². The minimum absolute atomic E-state index is 0.00874. The lowest BCUT2D eigenvalue weighted by molar-refractivity contribution is -0.114. The number of thioether (sulfide) groups is 1. The van der Waals surface area contributed by atoms with Crippen LogP contribution in [0.1, 0.15) is 36.5 Å². The van der Waals surface area contributed by atoms with Gasteiger partial charge >= 0.3 is 0 Å². The molecule has 0 saturated heterocycles. The van der Waals surface area contributed by atoms with E-state index >= 15 is 0 Å². The summed E-state index contributed by atoms with van der Waals surface area (Å²) in [5, 5.41) is 48.2. The molecule has 1 amide bonds. The molecule has 32 nitrogen and oxygen atoms in total. The summed E-state index contributed by atoms with van der Waals surface area (Å²) in [7, 11) is -29.8. The largest absolute Gasteiger partial charge is 0.493 e. The average molecular weight is 1360 g/mol. The Hall–Kier alpha value is -7.34. The lowest BCUT2D eigenvalue weighted by Crippen LogP contribution is -2.08. The first-order chi connectivity index (χ1) is 39.8. The fraction of sp³-hybridized carbons (Fsp3) is 0.200. The molecule has 41 heteroatoms. The van der Waals surface area contributed by atoms with Crippen LogP contribution >= 0.6 is 34.7 Å². The van der Waals surface area contributed by atoms with Crippen LogP contribution in [-0.2, 0) is 65.5 Å². The van der Waals surface area contributed by atoms with Crippen LogP contribution < -0.4 is 10.1 Å². The lowest BCUT2D eigenvalue weighted by atomic mass is 10.1. The van der Waals surface area contributed by atoms with E-state index in [2.05, 4.69) is 46.0 Å². The van der Waals surface area contributed by atoms with E-state index in [9.17, 15) is 93.0 Å². The zero-order chi connectivity index (χ0) is 63.4. The molecule has 8 rings (SSSR count). The van der Waals surface area contributed by atoms with E-state index in [-0.39, 0.29) is 101 Å². The summed E-state index contributed by atoms with van der Waals surface area (Å²) < 4.78 is 211. The molecule has 0 radical (unpaired) electrons. The topological polar surface area (TPSA) is 513 Å². The first kappa shape index (κ1) is 64.7. The number of carbonyl (C=O) groups is 1. The molecule has 3 aromatic heterocycles. The number of benzene rings is 5. The van der Waals surface area contributed by atoms with Crippen molar-refractivity contribution in [1.82, 2.24) is 14.4 Å². The SMILES string of the molecule is CC(=O)Nc1cc(N=Nc2cc(OCCCS(=O)(=O)O)c(N=Nc3c(C)c(C#N)c4nc5cc(Cl)cc(S(=O)(=O)O)c5n4c3O)cc2C)c(SCCCS(=O)(=O)O)cc1N=Nc1nc2c(S(=O)(=O)O)cc3c(S(=O)(=O)O)cc(S(=O)(=O)O)cc3c2s1. The Labute approximate surface area is 498 Å². The van der Waals surface area contributed by atoms with Crippen molar-refractivity contribution in [2.75, 3.05) is 29.2 Å². The quantitative estimate of drug-likeness (QED) is 0.0144. The summed E-state index contributed by atoms with van der Waals surface area (Å²) in [5.74, 6) is -3.14. The maximum atomic E-state index is 12.7. The molecule has 3 heterocycles. The zero-order valence-electron chi connectivity index (χ0n) is 43.4. The molecule has 0 aliphatic carbocycles. The predicted molar refractivity (Wildman–Crippen MR) is 308 cm³/mol. The first-order valence-corrected chi connectivity index (χ1v) is 34.6. The Balaban J connectivity index is 1.25. The molecule has 0 aliphatic heterocycles. The standard InChI is InChI=1S/C45H38ClN11O21S8/c1-20-10-31(53-55-39-21(2)27(19-47)43-49-33-11-23(46)12-38(86(75,76)77)41(33)57(43)44(39)59)34(78-6-4-8-81(60,61)62)17-28(20)51-54-32-16-29(48-22(3)58)30(18-35(32)79-7-5-9-82(63,64)65)52-56-45-50-40-37(85(72,73)74)15-25-26(42(40)80-45)13-24(83(66,67)68)14-36(25)84(69,70)71/h10-18,59H,4-9H2,1-3H3,(H,48,58)(H,60,61,62)(H,63,64,65)(H,66,67,68)(H,69,70,71)(H,72,73,74)(H,75,76,77). The number of nitrogens with one attached hydrogen (secondary N) is 1. The number of aromatic nitrogens is 3. The molecule has 0 fully saturated rings. The van der Waals surface area contributed by atoms with Crippen molar-refractivity contribution < 1.29 is 92.5 Å². The number of pyridine rings is 1. The van der Waals surface area contributed by atoms with Gasteiger partial charge in [-0.1, -0.05) is 22.9 Å². The van der Waals surface area contributed by atoms with Crippen molar-refractivity contribution in [3.63, 3.8) is 0 Å². The third-order valence-corrected chi connectivity index (χ3v) is 19.2. The van der Waals surface area contributed by atoms with E-state index in [4.69, 9.17) is 16.3 Å². The van der Waals surface area contributed by atoms with Gasteiger partial charge in [0.25, 0.3) is 60.7 Å². The van der Waals surface area contributed by atoms with E-state index in [1.807, 2.05) is 6.07 Å². The van der Waals surface area contributed by atoms with Crippen molar-refractivity contribution >= 4 is 178 Å². The summed E-state index contributed by atoms with van der Waals surface area (Å²) in [6.45, 7) is 3.60. The van der Waals surface area contributed by atoms with Crippen molar-refractivity contribution in [3.8, 4) is 17.7 Å². The van der Waals surface area contributed by atoms with Gasteiger partial charge in [-0.05, 0) is 86.5 Å². The maximum Gasteiger partial charge on any atom is 0.296 e. The van der Waals surface area contributed by atoms with E-state index in [1.54, 1.807) is 0 Å². The van der Waals surface area contributed by atoms with Crippen molar-refractivity contribution in [3.05, 3.63) is 76.3 Å². The van der Waals surface area contributed by atoms with Gasteiger partial charge in [0.05, 0.1) is 50.1 Å². The van der Waals surface area contributed by atoms with Crippen LogP contribution in [0.2, 0.25) is 5.02 Å². The number of nitriles is 1. The molecule has 0 saturated carbocycles. The number of azo groups is 3. The number of amides is 1. The second-order valence-electron chi connectivity index (χ2n) is 18.0. The Morgan fingerprint density at radius 1 is 0.709 bits per heavy atom. The number of hydrogen-bond donors (Lipinski definition) is 8. The Morgan fingerprint density at radius 2 is 1.34 bits per heavy atom. The van der Waals surface area contributed by atoms with E-state index in [1.165, 1.54) is 44.2 Å². The summed E-state index contributed by atoms with van der Waals surface area (Å²) in [6.07, 6.45) is -0.421. The molecule has 0 bridgehead atoms. The van der Waals surface area contributed by atoms with Crippen LogP contribution in [0.3, 0.4) is 0 Å². The van der Waals surface area contributed by atoms with Crippen molar-refractivity contribution in [1.29, 1.82) is 5.26 Å². The molecule has 0 unspecified atom stereocenters. The number of nitrogens with zero attached hydrogens (tertiary/aromatic N) is 10. The predicted octanol–water partition coefficient (Wildman–Crippen LogP) is 9.32. The summed E-state index contributed by atoms with van der Waals surface area (Å²) in [4.78, 5) is 17.1. The highest BCUT2D eigenvalue weighted by Gasteiger charge is 2.29. The number of ether oxygens (including phenoxy) is 1. The number of halogens is 1. The number of aryl methyl sites for hydroxylation is 1. The number of hydrogen-bond acceptors (Lipinski definition) is 26. The van der Waals surface area contributed by atoms with Gasteiger partial charge in [-0.25, -0.2) is 9.97 Å². The molecule has 8 N–H and O–H groups in total. The Morgan fingerprint density at radius 3 is 1.95 bits per heavy atom. The van der Waals surface area contributed by atoms with Crippen LogP contribution in [0.4, 0.5) is 39.3 Å². The van der Waals surface area contributed by atoms with Gasteiger partial charge in [0.15, 0.2) is 11.3 Å². The third-order valence-electron chi connectivity index (χ3n) is 11.8. The number of carbonyl (C=O) groups excluding carboxylic acids is 1. The van der Waals surface area contributed by atoms with E-state index in [0.717, 1.165) is 35.2 Å². The average Bonchev–Trinajstić information content (AvgIpc) is 1.54. The van der Waals surface area contributed by atoms with Gasteiger partial charge in [0.2, 0.25) is 16.9 Å². The van der Waals surface area contributed by atoms with Crippen LogP contribution in [0, 0.1) is 25.2 Å². The van der Waals surface area contributed by atoms with Crippen LogP contribution in [0.5, 0.6) is 11.6 Å². The normalized spacial score (nSPS) is 13.1. The molecule has 5 aromatic carbocycles. The highest BCUT2D eigenvalue weighted by molar-refractivity contribution is 7.99. The van der Waals surface area contributed by atoms with Crippen molar-refractivity contribution in [2.24, 2.45) is 30.7 Å². The molecular formula is C45H38ClN11O21S8. The van der Waals surface area contributed by atoms with Crippen LogP contribution in [0.25, 0.3) is 37.7 Å². The number of thiazole rings is 1. The van der Waals surface area contributed by atoms with Crippen LogP contribution in [-0.4, -0.2) is 127 Å². The van der Waals surface area contributed by atoms with Gasteiger partial charge in [-0.15, -0.1) is 37.3 Å². The highest BCUT2D eigenvalue weighted by Crippen LogP contribution is 2.46. The highest BCUT2D eigenvalue weighted by atomic mass is 35.5. The molecular weight excluding hydrogens is 1320 g/mol. The summed E-state index contributed by atoms with van der Waals surface area (Å²) in [5.41, 5.74) is -2.27. The fourth-order valence-electron chi connectivity index (χ4n) is 8.16. The maximum absolute atomic E-state index is 12.7. The lowest BCUT2D eigenvalue weighted by Gasteiger charge is -2.13. The molecule has 454 valence electrons. The Kier molecular flexibility index (Phi) is 18.1. The molecule has 0 aliphatic rings. The van der Waals surface area contributed by atoms with Gasteiger partial charge in [-0.2, -0.15) is 60.9 Å². The van der Waals surface area contributed by atoms with Gasteiger partial charge in [-0.3, -0.25) is 36.5 Å². The van der Waals surface area contributed by atoms with Crippen molar-refractivity contribution in [2.45, 2.75) is 58.1 Å². The molecule has 8 aromatic rings. The molecule has 0 atom stereocenters. The summed E-state index contributed by atoms with van der Waals surface area (Å²) >= 11 is 7.51. The molecule has 0 spiro atoms. The van der Waals surface area contributed by atoms with E-state index < -0.39 is 137 Å². The van der Waals surface area contributed by atoms with E-state index in [0.29, 0.717) is 23.5 Å². The number of aromatic hydroxyl groups is 1.